The number of hydrogen-bond donors (Lipinski definition) is 1. The van der Waals surface area contributed by atoms with Crippen molar-refractivity contribution in [3.05, 3.63) is 46.9 Å². The van der Waals surface area contributed by atoms with Gasteiger partial charge < -0.3 is 10.3 Å². The molecule has 2 aromatic rings. The third kappa shape index (κ3) is 3.05. The van der Waals surface area contributed by atoms with Crippen LogP contribution in [0.5, 0.6) is 0 Å². The minimum Gasteiger partial charge on any atom is -0.363 e. The number of amides is 1. The Morgan fingerprint density at radius 1 is 1.57 bits per heavy atom. The molecule has 0 unspecified atom stereocenters. The summed E-state index contributed by atoms with van der Waals surface area (Å²) in [4.78, 5) is 17.2. The van der Waals surface area contributed by atoms with Gasteiger partial charge in [0.15, 0.2) is 0 Å². The molecule has 3 rings (SSSR count). The Balaban J connectivity index is 1.79. The molecule has 1 aromatic carbocycles. The van der Waals surface area contributed by atoms with Crippen LogP contribution in [-0.2, 0) is 6.54 Å². The van der Waals surface area contributed by atoms with Gasteiger partial charge in [-0.1, -0.05) is 11.2 Å². The molecule has 2 N–H and O–H groups in total. The first-order chi connectivity index (χ1) is 11.1. The van der Waals surface area contributed by atoms with E-state index >= 15 is 0 Å². The average molecular weight is 315 g/mol. The summed E-state index contributed by atoms with van der Waals surface area (Å²) < 4.78 is 18.5. The van der Waals surface area contributed by atoms with E-state index in [-0.39, 0.29) is 17.4 Å². The summed E-state index contributed by atoms with van der Waals surface area (Å²) in [5.74, 6) is -1.06. The maximum absolute atomic E-state index is 13.4. The predicted octanol–water partition coefficient (Wildman–Crippen LogP) is 1.52. The summed E-state index contributed by atoms with van der Waals surface area (Å²) in [5.41, 5.74) is 5.97. The molecular weight excluding hydrogens is 301 g/mol. The molecule has 1 aliphatic rings. The summed E-state index contributed by atoms with van der Waals surface area (Å²) in [6, 6.07) is 6.18. The second kappa shape index (κ2) is 6.14. The van der Waals surface area contributed by atoms with Gasteiger partial charge in [0.25, 0.3) is 11.7 Å². The normalized spacial score (nSPS) is 18.0. The Hall–Kier alpha value is -2.79. The summed E-state index contributed by atoms with van der Waals surface area (Å²) in [6.45, 7) is 1.33. The number of benzene rings is 1. The number of nitrogens with zero attached hydrogens (tertiary/aromatic N) is 4. The van der Waals surface area contributed by atoms with Crippen LogP contribution in [0.3, 0.4) is 0 Å². The van der Waals surface area contributed by atoms with Crippen molar-refractivity contribution >= 4 is 5.91 Å². The van der Waals surface area contributed by atoms with Crippen LogP contribution in [0.4, 0.5) is 4.39 Å². The average Bonchev–Trinajstić information content (AvgIpc) is 3.17. The highest BCUT2D eigenvalue weighted by Gasteiger charge is 2.31. The van der Waals surface area contributed by atoms with Crippen molar-refractivity contribution in [2.24, 2.45) is 5.73 Å². The molecule has 1 atom stereocenters. The molecule has 23 heavy (non-hydrogen) atoms. The standard InChI is InChI=1S/C15H14FN5O2/c16-11-4-3-9(6-10(11)7-17)8-21-5-1-2-12(21)15-19-14(13(18)22)20-23-15/h3-4,6,12H,1-2,5,8H2,(H2,18,22)/t12-/m1/s1. The van der Waals surface area contributed by atoms with Gasteiger partial charge in [-0.15, -0.1) is 0 Å². The largest absolute Gasteiger partial charge is 0.363 e. The number of nitriles is 1. The van der Waals surface area contributed by atoms with E-state index in [1.54, 1.807) is 6.07 Å². The van der Waals surface area contributed by atoms with Crippen LogP contribution in [-0.4, -0.2) is 27.5 Å². The summed E-state index contributed by atoms with van der Waals surface area (Å²) in [5, 5.41) is 12.5. The first-order valence-electron chi connectivity index (χ1n) is 7.14. The fourth-order valence-electron chi connectivity index (χ4n) is 2.76. The van der Waals surface area contributed by atoms with Crippen molar-refractivity contribution in [2.45, 2.75) is 25.4 Å². The molecule has 0 radical (unpaired) electrons. The van der Waals surface area contributed by atoms with Crippen LogP contribution in [0, 0.1) is 17.1 Å². The molecule has 0 aliphatic carbocycles. The maximum Gasteiger partial charge on any atom is 0.290 e. The molecule has 0 bridgehead atoms. The molecule has 8 heteroatoms. The van der Waals surface area contributed by atoms with E-state index in [9.17, 15) is 9.18 Å². The Morgan fingerprint density at radius 2 is 2.39 bits per heavy atom. The third-order valence-electron chi connectivity index (χ3n) is 3.85. The molecule has 0 spiro atoms. The monoisotopic (exact) mass is 315 g/mol. The van der Waals surface area contributed by atoms with E-state index in [0.29, 0.717) is 12.4 Å². The zero-order valence-corrected chi connectivity index (χ0v) is 12.2. The van der Waals surface area contributed by atoms with Gasteiger partial charge in [0, 0.05) is 6.54 Å². The molecule has 1 saturated heterocycles. The Bertz CT molecular complexity index is 782. The molecular formula is C15H14FN5O2. The highest BCUT2D eigenvalue weighted by atomic mass is 19.1. The van der Waals surface area contributed by atoms with Crippen LogP contribution >= 0.6 is 0 Å². The zero-order valence-electron chi connectivity index (χ0n) is 12.2. The molecule has 118 valence electrons. The van der Waals surface area contributed by atoms with Gasteiger partial charge in [0.2, 0.25) is 5.89 Å². The van der Waals surface area contributed by atoms with Crippen LogP contribution in [0.25, 0.3) is 0 Å². The van der Waals surface area contributed by atoms with Crippen LogP contribution in [0.15, 0.2) is 22.7 Å². The van der Waals surface area contributed by atoms with E-state index in [1.165, 1.54) is 12.1 Å². The molecule has 1 aromatic heterocycles. The first kappa shape index (κ1) is 15.1. The molecule has 2 heterocycles. The van der Waals surface area contributed by atoms with Crippen LogP contribution in [0.2, 0.25) is 0 Å². The fraction of sp³-hybridized carbons (Fsp3) is 0.333. The topological polar surface area (TPSA) is 109 Å². The summed E-state index contributed by atoms with van der Waals surface area (Å²) >= 11 is 0. The van der Waals surface area contributed by atoms with E-state index in [0.717, 1.165) is 24.9 Å². The van der Waals surface area contributed by atoms with E-state index < -0.39 is 11.7 Å². The SMILES string of the molecule is N#Cc1cc(CN2CCC[C@@H]2c2nc(C(N)=O)no2)ccc1F. The lowest BCUT2D eigenvalue weighted by atomic mass is 10.1. The third-order valence-corrected chi connectivity index (χ3v) is 3.85. The van der Waals surface area contributed by atoms with Gasteiger partial charge in [0.1, 0.15) is 11.9 Å². The first-order valence-corrected chi connectivity index (χ1v) is 7.14. The number of rotatable bonds is 4. The lowest BCUT2D eigenvalue weighted by molar-refractivity contribution is 0.0987. The van der Waals surface area contributed by atoms with Gasteiger partial charge in [-0.3, -0.25) is 9.69 Å². The van der Waals surface area contributed by atoms with Crippen molar-refractivity contribution in [1.82, 2.24) is 15.0 Å². The van der Waals surface area contributed by atoms with Gasteiger partial charge in [-0.05, 0) is 37.1 Å². The van der Waals surface area contributed by atoms with Gasteiger partial charge in [-0.25, -0.2) is 4.39 Å². The molecule has 1 fully saturated rings. The lowest BCUT2D eigenvalue weighted by Gasteiger charge is -2.21. The number of primary amides is 1. The number of hydrogen-bond acceptors (Lipinski definition) is 6. The van der Waals surface area contributed by atoms with Gasteiger partial charge >= 0.3 is 0 Å². The summed E-state index contributed by atoms with van der Waals surface area (Å²) in [7, 11) is 0. The smallest absolute Gasteiger partial charge is 0.290 e. The van der Waals surface area contributed by atoms with Crippen LogP contribution in [0.1, 0.15) is 46.5 Å². The van der Waals surface area contributed by atoms with E-state index in [1.807, 2.05) is 6.07 Å². The second-order valence-electron chi connectivity index (χ2n) is 5.37. The molecule has 1 amide bonds. The highest BCUT2D eigenvalue weighted by molar-refractivity contribution is 5.88. The lowest BCUT2D eigenvalue weighted by Crippen LogP contribution is -2.23. The number of carbonyl (C=O) groups excluding carboxylic acids is 1. The predicted molar refractivity (Wildman–Crippen MR) is 76.3 cm³/mol. The Labute approximate surface area is 131 Å². The maximum atomic E-state index is 13.4. The Morgan fingerprint density at radius 3 is 3.09 bits per heavy atom. The second-order valence-corrected chi connectivity index (χ2v) is 5.37. The molecule has 0 saturated carbocycles. The van der Waals surface area contributed by atoms with E-state index in [4.69, 9.17) is 15.5 Å². The number of likely N-dealkylation sites (tertiary alicyclic amines) is 1. The van der Waals surface area contributed by atoms with Crippen molar-refractivity contribution in [1.29, 1.82) is 5.26 Å². The van der Waals surface area contributed by atoms with E-state index in [2.05, 4.69) is 15.0 Å². The minimum absolute atomic E-state index is 0.0204. The number of carbonyl (C=O) groups is 1. The highest BCUT2D eigenvalue weighted by Crippen LogP contribution is 2.32. The van der Waals surface area contributed by atoms with Crippen molar-refractivity contribution in [3.8, 4) is 6.07 Å². The zero-order chi connectivity index (χ0) is 16.4. The summed E-state index contributed by atoms with van der Waals surface area (Å²) in [6.07, 6.45) is 1.75. The van der Waals surface area contributed by atoms with Crippen molar-refractivity contribution in [3.63, 3.8) is 0 Å². The quantitative estimate of drug-likeness (QED) is 0.916. The number of nitrogens with two attached hydrogens (primary N) is 1. The van der Waals surface area contributed by atoms with Gasteiger partial charge in [0.05, 0.1) is 11.6 Å². The fourth-order valence-corrected chi connectivity index (χ4v) is 2.76. The minimum atomic E-state index is -0.734. The molecule has 7 nitrogen and oxygen atoms in total. The number of halogens is 1. The van der Waals surface area contributed by atoms with Crippen molar-refractivity contribution in [2.75, 3.05) is 6.54 Å². The Kier molecular flexibility index (Phi) is 4.04. The molecule has 1 aliphatic heterocycles. The van der Waals surface area contributed by atoms with Gasteiger partial charge in [-0.2, -0.15) is 10.2 Å². The number of aromatic nitrogens is 2. The van der Waals surface area contributed by atoms with Crippen LogP contribution < -0.4 is 5.73 Å². The van der Waals surface area contributed by atoms with Crippen molar-refractivity contribution < 1.29 is 13.7 Å².